The molecule has 6 heteroatoms. The molecule has 0 amide bonds. The van der Waals surface area contributed by atoms with Crippen LogP contribution < -0.4 is 26.2 Å². The summed E-state index contributed by atoms with van der Waals surface area (Å²) in [5.74, 6) is 0. The molecule has 7 aromatic carbocycles. The summed E-state index contributed by atoms with van der Waals surface area (Å²) in [5.41, 5.74) is 14.0. The minimum Gasteiger partial charge on any atom is -0.457 e. The number of para-hydroxylation sites is 2. The first-order valence-electron chi connectivity index (χ1n) is 16.6. The topological polar surface area (TPSA) is 19.6 Å². The first-order chi connectivity index (χ1) is 24.2. The fourth-order valence-corrected chi connectivity index (χ4v) is 10.0. The monoisotopic (exact) mass is 662 g/mol. The maximum absolute atomic E-state index is 6.87. The van der Waals surface area contributed by atoms with E-state index in [4.69, 9.17) is 4.42 Å². The molecule has 0 fully saturated rings. The van der Waals surface area contributed by atoms with Crippen molar-refractivity contribution in [3.63, 3.8) is 0 Å². The van der Waals surface area contributed by atoms with Crippen LogP contribution >= 0.6 is 23.5 Å². The van der Waals surface area contributed by atoms with Gasteiger partial charge in [-0.15, -0.1) is 0 Å². The molecule has 49 heavy (non-hydrogen) atoms. The van der Waals surface area contributed by atoms with Gasteiger partial charge in [-0.25, -0.2) is 0 Å². The maximum atomic E-state index is 6.87. The van der Waals surface area contributed by atoms with Gasteiger partial charge >= 0.3 is 0 Å². The molecule has 6 bridgehead atoms. The Hall–Kier alpha value is -5.30. The molecular weight excluding hydrogens is 635 g/mol. The Bertz CT molecular complexity index is 2670. The molecule has 0 radical (unpaired) electrons. The van der Waals surface area contributed by atoms with Crippen molar-refractivity contribution in [1.29, 1.82) is 0 Å². The predicted molar refractivity (Wildman–Crippen MR) is 207 cm³/mol. The number of fused-ring (bicyclic) bond motifs is 14. The lowest BCUT2D eigenvalue weighted by Gasteiger charge is -2.44. The highest BCUT2D eigenvalue weighted by Gasteiger charge is 2.45. The summed E-state index contributed by atoms with van der Waals surface area (Å²) in [4.78, 5) is 9.90. The summed E-state index contributed by atoms with van der Waals surface area (Å²) in [7, 11) is 0. The Balaban J connectivity index is 1.28. The van der Waals surface area contributed by atoms with Gasteiger partial charge in [-0.1, -0.05) is 78.1 Å². The largest absolute Gasteiger partial charge is 0.457 e. The van der Waals surface area contributed by atoms with E-state index in [1.165, 1.54) is 58.6 Å². The van der Waals surface area contributed by atoms with Gasteiger partial charge in [0.25, 0.3) is 6.71 Å². The maximum Gasteiger partial charge on any atom is 0.257 e. The van der Waals surface area contributed by atoms with Gasteiger partial charge < -0.3 is 14.2 Å². The third-order valence-corrected chi connectivity index (χ3v) is 12.0. The Morgan fingerprint density at radius 2 is 1.16 bits per heavy atom. The average Bonchev–Trinajstić information content (AvgIpc) is 3.50. The van der Waals surface area contributed by atoms with Gasteiger partial charge in [0.15, 0.2) is 0 Å². The third-order valence-electron chi connectivity index (χ3n) is 10.1. The van der Waals surface area contributed by atoms with Crippen LogP contribution in [0.1, 0.15) is 5.56 Å². The van der Waals surface area contributed by atoms with Crippen LogP contribution in [0, 0.1) is 6.92 Å². The minimum absolute atomic E-state index is 0.0242. The van der Waals surface area contributed by atoms with Gasteiger partial charge in [0.2, 0.25) is 0 Å². The van der Waals surface area contributed by atoms with E-state index < -0.39 is 0 Å². The number of hydrogen-bond acceptors (Lipinski definition) is 5. The molecule has 0 atom stereocenters. The fourth-order valence-electron chi connectivity index (χ4n) is 8.13. The molecular formula is C43H27BN2OS2. The minimum atomic E-state index is -0.0242. The number of furan rings is 1. The number of hydrogen-bond donors (Lipinski definition) is 0. The summed E-state index contributed by atoms with van der Waals surface area (Å²) in [6, 6.07) is 53.6. The Morgan fingerprint density at radius 3 is 1.98 bits per heavy atom. The standard InChI is InChI=1S/C43H27BN2OS2/c1-26-21-38-41-39(22-26)46-28-11-7-12-29(23-28)48-30-13-8-14-31(24-30)49-32-17-19-35(37(46)25-32)44(41)42-36(45(38)27-9-3-2-4-10-27)20-18-34-33-15-5-6-16-40(33)47-43(34)42/h2-25H,1H3. The molecule has 11 rings (SSSR count). The van der Waals surface area contributed by atoms with Crippen molar-refractivity contribution >= 4 is 103 Å². The Kier molecular flexibility index (Phi) is 5.84. The second-order valence-electron chi connectivity index (χ2n) is 13.0. The summed E-state index contributed by atoms with van der Waals surface area (Å²) in [6.07, 6.45) is 0. The van der Waals surface area contributed by atoms with Crippen LogP contribution in [-0.2, 0) is 0 Å². The van der Waals surface area contributed by atoms with E-state index in [-0.39, 0.29) is 6.71 Å². The van der Waals surface area contributed by atoms with Gasteiger partial charge in [0.1, 0.15) is 11.2 Å². The zero-order valence-electron chi connectivity index (χ0n) is 26.6. The second-order valence-corrected chi connectivity index (χ2v) is 15.3. The first kappa shape index (κ1) is 27.6. The van der Waals surface area contributed by atoms with Gasteiger partial charge in [-0.2, -0.15) is 0 Å². The number of nitrogens with zero attached hydrogens (tertiary/aromatic N) is 2. The number of anilines is 6. The van der Waals surface area contributed by atoms with Gasteiger partial charge in [-0.05, 0) is 120 Å². The van der Waals surface area contributed by atoms with E-state index in [1.54, 1.807) is 0 Å². The van der Waals surface area contributed by atoms with Crippen molar-refractivity contribution in [2.24, 2.45) is 0 Å². The zero-order valence-corrected chi connectivity index (χ0v) is 28.2. The average molecular weight is 663 g/mol. The number of benzene rings is 7. The molecule has 3 aliphatic rings. The van der Waals surface area contributed by atoms with Crippen molar-refractivity contribution in [2.45, 2.75) is 26.5 Å². The van der Waals surface area contributed by atoms with Crippen molar-refractivity contribution in [1.82, 2.24) is 0 Å². The van der Waals surface area contributed by atoms with Crippen LogP contribution in [0.25, 0.3) is 21.9 Å². The molecule has 8 aromatic rings. The molecule has 0 saturated carbocycles. The predicted octanol–water partition coefficient (Wildman–Crippen LogP) is 10.6. The molecule has 230 valence electrons. The van der Waals surface area contributed by atoms with Gasteiger partial charge in [0, 0.05) is 64.5 Å². The summed E-state index contributed by atoms with van der Waals surface area (Å²) < 4.78 is 6.87. The van der Waals surface area contributed by atoms with Crippen molar-refractivity contribution in [2.75, 3.05) is 9.80 Å². The fraction of sp³-hybridized carbons (Fsp3) is 0.0233. The highest BCUT2D eigenvalue weighted by Crippen LogP contribution is 2.48. The van der Waals surface area contributed by atoms with Crippen LogP contribution in [0.4, 0.5) is 34.1 Å². The molecule has 0 unspecified atom stereocenters. The van der Waals surface area contributed by atoms with Crippen LogP contribution in [0.3, 0.4) is 0 Å². The quantitative estimate of drug-likeness (QED) is 0.163. The van der Waals surface area contributed by atoms with Gasteiger partial charge in [-0.3, -0.25) is 0 Å². The van der Waals surface area contributed by atoms with E-state index in [1.807, 2.05) is 23.5 Å². The van der Waals surface area contributed by atoms with Crippen molar-refractivity contribution in [3.05, 3.63) is 151 Å². The molecule has 4 heterocycles. The summed E-state index contributed by atoms with van der Waals surface area (Å²) in [5, 5.41) is 2.30. The van der Waals surface area contributed by atoms with Crippen LogP contribution in [0.5, 0.6) is 0 Å². The molecule has 0 spiro atoms. The van der Waals surface area contributed by atoms with E-state index in [9.17, 15) is 0 Å². The van der Waals surface area contributed by atoms with Crippen LogP contribution in [0.2, 0.25) is 0 Å². The highest BCUT2D eigenvalue weighted by molar-refractivity contribution is 8.00. The van der Waals surface area contributed by atoms with E-state index in [0.717, 1.165) is 39.0 Å². The SMILES string of the molecule is Cc1cc2c3c(c1)N(c1ccccc1)c1ccc4c(oc5ccccc54)c1B3c1ccc3cc1N2c1cccc(c1)Sc1cccc(c1)S3. The van der Waals surface area contributed by atoms with E-state index in [2.05, 4.69) is 162 Å². The van der Waals surface area contributed by atoms with Gasteiger partial charge in [0.05, 0.1) is 0 Å². The lowest BCUT2D eigenvalue weighted by atomic mass is 9.33. The second kappa shape index (κ2) is 10.4. The smallest absolute Gasteiger partial charge is 0.257 e. The zero-order chi connectivity index (χ0) is 32.2. The summed E-state index contributed by atoms with van der Waals surface area (Å²) in [6.45, 7) is 2.20. The van der Waals surface area contributed by atoms with E-state index in [0.29, 0.717) is 0 Å². The van der Waals surface area contributed by atoms with Crippen molar-refractivity contribution in [3.8, 4) is 0 Å². The molecule has 0 saturated heterocycles. The normalized spacial score (nSPS) is 13.9. The molecule has 1 aromatic heterocycles. The Labute approximate surface area is 293 Å². The van der Waals surface area contributed by atoms with Crippen molar-refractivity contribution < 1.29 is 4.42 Å². The summed E-state index contributed by atoms with van der Waals surface area (Å²) >= 11 is 3.65. The number of aryl methyl sites for hydroxylation is 1. The third kappa shape index (κ3) is 4.08. The Morgan fingerprint density at radius 1 is 0.490 bits per heavy atom. The van der Waals surface area contributed by atoms with Crippen LogP contribution in [-0.4, -0.2) is 6.71 Å². The van der Waals surface area contributed by atoms with E-state index >= 15 is 0 Å². The lowest BCUT2D eigenvalue weighted by molar-refractivity contribution is 0.671. The lowest BCUT2D eigenvalue weighted by Crippen LogP contribution is -2.61. The molecule has 3 aliphatic heterocycles. The molecule has 3 nitrogen and oxygen atoms in total. The molecule has 0 N–H and O–H groups in total. The first-order valence-corrected chi connectivity index (χ1v) is 18.2. The number of rotatable bonds is 1. The van der Waals surface area contributed by atoms with Crippen LogP contribution in [0.15, 0.2) is 170 Å². The molecule has 0 aliphatic carbocycles. The highest BCUT2D eigenvalue weighted by atomic mass is 32.2.